The number of benzene rings is 2. The van der Waals surface area contributed by atoms with Crippen LogP contribution in [0.25, 0.3) is 0 Å². The molecule has 0 radical (unpaired) electrons. The second kappa shape index (κ2) is 8.11. The standard InChI is InChI=1S/C17H16N2O2S/c1-21-16-10-6-5-9-14(16)15(11-18)19-17(20)12-22-13-7-3-2-4-8-13/h2-10,15H,12H2,1H3,(H,19,20). The summed E-state index contributed by atoms with van der Waals surface area (Å²) in [5, 5.41) is 12.0. The molecule has 2 rings (SSSR count). The fourth-order valence-corrected chi connectivity index (χ4v) is 2.68. The maximum absolute atomic E-state index is 12.0. The van der Waals surface area contributed by atoms with Crippen LogP contribution in [0, 0.1) is 11.3 Å². The van der Waals surface area contributed by atoms with Gasteiger partial charge in [0.15, 0.2) is 0 Å². The number of hydrogen-bond donors (Lipinski definition) is 1. The Labute approximate surface area is 134 Å². The van der Waals surface area contributed by atoms with Gasteiger partial charge in [0.05, 0.1) is 18.9 Å². The lowest BCUT2D eigenvalue weighted by molar-refractivity contribution is -0.118. The van der Waals surface area contributed by atoms with Crippen LogP contribution in [0.5, 0.6) is 5.75 Å². The summed E-state index contributed by atoms with van der Waals surface area (Å²) in [4.78, 5) is 13.1. The van der Waals surface area contributed by atoms with Crippen molar-refractivity contribution in [1.29, 1.82) is 5.26 Å². The molecule has 0 aliphatic rings. The third-order valence-corrected chi connectivity index (χ3v) is 4.01. The summed E-state index contributed by atoms with van der Waals surface area (Å²) in [6.45, 7) is 0. The molecule has 1 atom stereocenters. The molecule has 1 amide bonds. The Hall–Kier alpha value is -2.45. The minimum absolute atomic E-state index is 0.189. The number of nitrogens with zero attached hydrogens (tertiary/aromatic N) is 1. The SMILES string of the molecule is COc1ccccc1C(C#N)NC(=O)CSc1ccccc1. The van der Waals surface area contributed by atoms with Gasteiger partial charge in [-0.25, -0.2) is 0 Å². The maximum Gasteiger partial charge on any atom is 0.231 e. The number of para-hydroxylation sites is 1. The van der Waals surface area contributed by atoms with Crippen LogP contribution < -0.4 is 10.1 Å². The van der Waals surface area contributed by atoms with Gasteiger partial charge in [0.2, 0.25) is 5.91 Å². The van der Waals surface area contributed by atoms with E-state index >= 15 is 0 Å². The Balaban J connectivity index is 1.98. The lowest BCUT2D eigenvalue weighted by Gasteiger charge is -2.15. The van der Waals surface area contributed by atoms with E-state index in [1.807, 2.05) is 42.5 Å². The van der Waals surface area contributed by atoms with Gasteiger partial charge in [0, 0.05) is 10.5 Å². The molecule has 0 aliphatic carbocycles. The van der Waals surface area contributed by atoms with Crippen molar-refractivity contribution in [2.45, 2.75) is 10.9 Å². The van der Waals surface area contributed by atoms with Gasteiger partial charge in [-0.2, -0.15) is 5.26 Å². The van der Waals surface area contributed by atoms with Crippen LogP contribution in [-0.4, -0.2) is 18.8 Å². The molecule has 5 heteroatoms. The highest BCUT2D eigenvalue weighted by Crippen LogP contribution is 2.24. The summed E-state index contributed by atoms with van der Waals surface area (Å²) in [5.41, 5.74) is 0.658. The van der Waals surface area contributed by atoms with Gasteiger partial charge in [-0.15, -0.1) is 11.8 Å². The second-order valence-corrected chi connectivity index (χ2v) is 5.52. The van der Waals surface area contributed by atoms with Crippen LogP contribution in [0.2, 0.25) is 0 Å². The molecule has 2 aromatic rings. The quantitative estimate of drug-likeness (QED) is 0.832. The molecule has 0 bridgehead atoms. The summed E-state index contributed by atoms with van der Waals surface area (Å²) in [7, 11) is 1.54. The van der Waals surface area contributed by atoms with Gasteiger partial charge >= 0.3 is 0 Å². The maximum atomic E-state index is 12.0. The molecular weight excluding hydrogens is 296 g/mol. The summed E-state index contributed by atoms with van der Waals surface area (Å²) in [6, 6.07) is 18.2. The average molecular weight is 312 g/mol. The molecule has 0 saturated heterocycles. The topological polar surface area (TPSA) is 62.1 Å². The largest absolute Gasteiger partial charge is 0.496 e. The van der Waals surface area contributed by atoms with Crippen molar-refractivity contribution in [2.24, 2.45) is 0 Å². The number of nitrogens with one attached hydrogen (secondary N) is 1. The van der Waals surface area contributed by atoms with Crippen molar-refractivity contribution in [1.82, 2.24) is 5.32 Å². The minimum atomic E-state index is -0.722. The van der Waals surface area contributed by atoms with E-state index in [2.05, 4.69) is 11.4 Å². The predicted octanol–water partition coefficient (Wildman–Crippen LogP) is 3.17. The van der Waals surface area contributed by atoms with E-state index in [0.29, 0.717) is 11.3 Å². The first kappa shape index (κ1) is 15.9. The molecule has 0 saturated carbocycles. The van der Waals surface area contributed by atoms with Gasteiger partial charge in [0.25, 0.3) is 0 Å². The smallest absolute Gasteiger partial charge is 0.231 e. The van der Waals surface area contributed by atoms with Gasteiger partial charge in [0.1, 0.15) is 11.8 Å². The highest BCUT2D eigenvalue weighted by atomic mass is 32.2. The third-order valence-electron chi connectivity index (χ3n) is 3.00. The third kappa shape index (κ3) is 4.27. The number of ether oxygens (including phenoxy) is 1. The van der Waals surface area contributed by atoms with E-state index in [1.54, 1.807) is 19.2 Å². The molecule has 1 N–H and O–H groups in total. The molecule has 4 nitrogen and oxygen atoms in total. The number of carbonyl (C=O) groups excluding carboxylic acids is 1. The number of hydrogen-bond acceptors (Lipinski definition) is 4. The zero-order chi connectivity index (χ0) is 15.8. The van der Waals surface area contributed by atoms with E-state index in [4.69, 9.17) is 4.74 Å². The van der Waals surface area contributed by atoms with Crippen molar-refractivity contribution in [3.63, 3.8) is 0 Å². The van der Waals surface area contributed by atoms with Crippen molar-refractivity contribution in [2.75, 3.05) is 12.9 Å². The monoisotopic (exact) mass is 312 g/mol. The number of methoxy groups -OCH3 is 1. The van der Waals surface area contributed by atoms with Gasteiger partial charge in [-0.3, -0.25) is 4.79 Å². The number of nitriles is 1. The molecule has 0 spiro atoms. The van der Waals surface area contributed by atoms with Crippen molar-refractivity contribution in [3.8, 4) is 11.8 Å². The highest BCUT2D eigenvalue weighted by Gasteiger charge is 2.17. The van der Waals surface area contributed by atoms with Crippen LogP contribution in [0.15, 0.2) is 59.5 Å². The van der Waals surface area contributed by atoms with E-state index in [1.165, 1.54) is 11.8 Å². The summed E-state index contributed by atoms with van der Waals surface area (Å²) >= 11 is 1.43. The summed E-state index contributed by atoms with van der Waals surface area (Å²) in [6.07, 6.45) is 0. The fourth-order valence-electron chi connectivity index (χ4n) is 1.95. The number of thioether (sulfide) groups is 1. The first-order valence-corrected chi connectivity index (χ1v) is 7.73. The molecule has 0 aromatic heterocycles. The number of carbonyl (C=O) groups is 1. The van der Waals surface area contributed by atoms with Crippen LogP contribution in [0.1, 0.15) is 11.6 Å². The Morgan fingerprint density at radius 2 is 1.91 bits per heavy atom. The molecule has 0 aliphatic heterocycles. The molecular formula is C17H16N2O2S. The van der Waals surface area contributed by atoms with E-state index in [9.17, 15) is 10.1 Å². The van der Waals surface area contributed by atoms with Gasteiger partial charge < -0.3 is 10.1 Å². The van der Waals surface area contributed by atoms with Gasteiger partial charge in [-0.05, 0) is 18.2 Å². The van der Waals surface area contributed by atoms with E-state index in [-0.39, 0.29) is 11.7 Å². The second-order valence-electron chi connectivity index (χ2n) is 4.47. The molecule has 0 fully saturated rings. The van der Waals surface area contributed by atoms with Crippen LogP contribution in [-0.2, 0) is 4.79 Å². The molecule has 22 heavy (non-hydrogen) atoms. The zero-order valence-corrected chi connectivity index (χ0v) is 13.0. The summed E-state index contributed by atoms with van der Waals surface area (Å²) < 4.78 is 5.23. The Morgan fingerprint density at radius 1 is 1.23 bits per heavy atom. The molecule has 2 aromatic carbocycles. The number of amides is 1. The molecule has 1 unspecified atom stereocenters. The van der Waals surface area contributed by atoms with Crippen molar-refractivity contribution >= 4 is 17.7 Å². The van der Waals surface area contributed by atoms with E-state index < -0.39 is 6.04 Å². The number of rotatable bonds is 6. The van der Waals surface area contributed by atoms with E-state index in [0.717, 1.165) is 4.90 Å². The average Bonchev–Trinajstić information content (AvgIpc) is 2.58. The van der Waals surface area contributed by atoms with Crippen molar-refractivity contribution < 1.29 is 9.53 Å². The highest BCUT2D eigenvalue weighted by molar-refractivity contribution is 8.00. The lowest BCUT2D eigenvalue weighted by Crippen LogP contribution is -2.29. The summed E-state index contributed by atoms with van der Waals surface area (Å²) in [5.74, 6) is 0.661. The van der Waals surface area contributed by atoms with Gasteiger partial charge in [-0.1, -0.05) is 36.4 Å². The lowest BCUT2D eigenvalue weighted by atomic mass is 10.1. The Morgan fingerprint density at radius 3 is 2.59 bits per heavy atom. The van der Waals surface area contributed by atoms with Crippen LogP contribution >= 0.6 is 11.8 Å². The minimum Gasteiger partial charge on any atom is -0.496 e. The predicted molar refractivity (Wildman–Crippen MR) is 86.7 cm³/mol. The normalized spacial score (nSPS) is 11.3. The van der Waals surface area contributed by atoms with Crippen LogP contribution in [0.4, 0.5) is 0 Å². The fraction of sp³-hybridized carbons (Fsp3) is 0.176. The van der Waals surface area contributed by atoms with Crippen molar-refractivity contribution in [3.05, 3.63) is 60.2 Å². The molecule has 0 heterocycles. The van der Waals surface area contributed by atoms with Crippen LogP contribution in [0.3, 0.4) is 0 Å². The Kier molecular flexibility index (Phi) is 5.87. The first-order valence-electron chi connectivity index (χ1n) is 6.74. The molecule has 112 valence electrons. The first-order chi connectivity index (χ1) is 10.7. The zero-order valence-electron chi connectivity index (χ0n) is 12.2. The Bertz CT molecular complexity index is 668.